The minimum atomic E-state index is 0. The SMILES string of the molecule is CC1CC1C(=N)N.Cl. The molecule has 8 heavy (non-hydrogen) atoms. The summed E-state index contributed by atoms with van der Waals surface area (Å²) in [5, 5.41) is 6.92. The van der Waals surface area contributed by atoms with Crippen LogP contribution in [-0.2, 0) is 0 Å². The average molecular weight is 135 g/mol. The second-order valence-corrected chi connectivity index (χ2v) is 2.27. The Hall–Kier alpha value is -0.240. The molecule has 3 heteroatoms. The molecule has 1 fully saturated rings. The third-order valence-electron chi connectivity index (χ3n) is 1.51. The fourth-order valence-corrected chi connectivity index (χ4v) is 0.755. The molecule has 0 aliphatic heterocycles. The van der Waals surface area contributed by atoms with Crippen molar-refractivity contribution in [1.82, 2.24) is 0 Å². The van der Waals surface area contributed by atoms with Crippen LogP contribution in [0.4, 0.5) is 0 Å². The van der Waals surface area contributed by atoms with Crippen molar-refractivity contribution < 1.29 is 0 Å². The first-order valence-corrected chi connectivity index (χ1v) is 2.55. The molecule has 0 aromatic rings. The molecule has 0 aromatic carbocycles. The molecule has 2 atom stereocenters. The summed E-state index contributed by atoms with van der Waals surface area (Å²) in [4.78, 5) is 0. The van der Waals surface area contributed by atoms with Gasteiger partial charge in [0.05, 0.1) is 5.84 Å². The molecule has 0 amide bonds. The zero-order chi connectivity index (χ0) is 5.44. The van der Waals surface area contributed by atoms with Crippen molar-refractivity contribution in [3.8, 4) is 0 Å². The summed E-state index contributed by atoms with van der Waals surface area (Å²) >= 11 is 0. The van der Waals surface area contributed by atoms with E-state index in [1.165, 1.54) is 0 Å². The van der Waals surface area contributed by atoms with Crippen molar-refractivity contribution in [2.24, 2.45) is 17.6 Å². The molecule has 0 radical (unpaired) electrons. The van der Waals surface area contributed by atoms with Crippen molar-refractivity contribution in [3.63, 3.8) is 0 Å². The van der Waals surface area contributed by atoms with Crippen LogP contribution in [0.2, 0.25) is 0 Å². The number of nitrogens with two attached hydrogens (primary N) is 1. The van der Waals surface area contributed by atoms with Crippen LogP contribution in [-0.4, -0.2) is 5.84 Å². The molecular formula is C5H11ClN2. The first-order valence-electron chi connectivity index (χ1n) is 2.55. The number of amidine groups is 1. The van der Waals surface area contributed by atoms with E-state index >= 15 is 0 Å². The molecule has 0 bridgehead atoms. The van der Waals surface area contributed by atoms with Gasteiger partial charge in [-0.1, -0.05) is 6.92 Å². The van der Waals surface area contributed by atoms with Gasteiger partial charge in [-0.15, -0.1) is 12.4 Å². The highest BCUT2D eigenvalue weighted by atomic mass is 35.5. The predicted molar refractivity (Wildman–Crippen MR) is 36.4 cm³/mol. The Kier molecular flexibility index (Phi) is 2.28. The van der Waals surface area contributed by atoms with Crippen LogP contribution in [0.25, 0.3) is 0 Å². The van der Waals surface area contributed by atoms with Crippen molar-refractivity contribution in [2.75, 3.05) is 0 Å². The number of nitrogens with one attached hydrogen (secondary N) is 1. The summed E-state index contributed by atoms with van der Waals surface area (Å²) < 4.78 is 0. The van der Waals surface area contributed by atoms with Crippen LogP contribution in [0.5, 0.6) is 0 Å². The number of halogens is 1. The molecule has 0 heterocycles. The minimum Gasteiger partial charge on any atom is -0.387 e. The van der Waals surface area contributed by atoms with Crippen molar-refractivity contribution in [3.05, 3.63) is 0 Å². The molecule has 0 aromatic heterocycles. The fraction of sp³-hybridized carbons (Fsp3) is 0.800. The molecule has 1 aliphatic rings. The predicted octanol–water partition coefficient (Wildman–Crippen LogP) is 1.00. The number of hydrogen-bond acceptors (Lipinski definition) is 1. The van der Waals surface area contributed by atoms with E-state index in [0.29, 0.717) is 17.7 Å². The lowest BCUT2D eigenvalue weighted by Crippen LogP contribution is -2.12. The summed E-state index contributed by atoms with van der Waals surface area (Å²) in [5.74, 6) is 1.49. The van der Waals surface area contributed by atoms with Crippen LogP contribution in [0.1, 0.15) is 13.3 Å². The van der Waals surface area contributed by atoms with E-state index in [-0.39, 0.29) is 12.4 Å². The summed E-state index contributed by atoms with van der Waals surface area (Å²) in [7, 11) is 0. The van der Waals surface area contributed by atoms with E-state index in [1.54, 1.807) is 0 Å². The first-order chi connectivity index (χ1) is 3.22. The maximum atomic E-state index is 6.92. The van der Waals surface area contributed by atoms with Gasteiger partial charge in [0.1, 0.15) is 0 Å². The van der Waals surface area contributed by atoms with Gasteiger partial charge >= 0.3 is 0 Å². The molecule has 2 unspecified atom stereocenters. The molecule has 0 spiro atoms. The molecule has 0 saturated heterocycles. The van der Waals surface area contributed by atoms with Crippen LogP contribution in [0.15, 0.2) is 0 Å². The summed E-state index contributed by atoms with van der Waals surface area (Å²) in [6.45, 7) is 2.12. The zero-order valence-electron chi connectivity index (χ0n) is 4.85. The van der Waals surface area contributed by atoms with Gasteiger partial charge in [0.2, 0.25) is 0 Å². The molecule has 2 nitrogen and oxygen atoms in total. The quantitative estimate of drug-likeness (QED) is 0.408. The number of hydrogen-bond donors (Lipinski definition) is 2. The Bertz CT molecular complexity index is 103. The maximum Gasteiger partial charge on any atom is 0.0939 e. The minimum absolute atomic E-state index is 0. The molecule has 3 N–H and O–H groups in total. The van der Waals surface area contributed by atoms with Crippen LogP contribution in [0, 0.1) is 17.2 Å². The Morgan fingerprint density at radius 2 is 2.12 bits per heavy atom. The van der Waals surface area contributed by atoms with Gasteiger partial charge in [-0.05, 0) is 12.3 Å². The van der Waals surface area contributed by atoms with E-state index in [0.717, 1.165) is 6.42 Å². The van der Waals surface area contributed by atoms with E-state index in [2.05, 4.69) is 6.92 Å². The van der Waals surface area contributed by atoms with Gasteiger partial charge in [-0.25, -0.2) is 0 Å². The second kappa shape index (κ2) is 2.35. The average Bonchev–Trinajstić information content (AvgIpc) is 2.17. The molecule has 1 rings (SSSR count). The highest BCUT2D eigenvalue weighted by Gasteiger charge is 2.34. The van der Waals surface area contributed by atoms with Crippen molar-refractivity contribution in [2.45, 2.75) is 13.3 Å². The van der Waals surface area contributed by atoms with Crippen LogP contribution in [0.3, 0.4) is 0 Å². The lowest BCUT2D eigenvalue weighted by atomic mass is 10.3. The largest absolute Gasteiger partial charge is 0.387 e. The third-order valence-corrected chi connectivity index (χ3v) is 1.51. The Morgan fingerprint density at radius 3 is 2.12 bits per heavy atom. The van der Waals surface area contributed by atoms with Crippen molar-refractivity contribution in [1.29, 1.82) is 5.41 Å². The van der Waals surface area contributed by atoms with E-state index in [4.69, 9.17) is 11.1 Å². The zero-order valence-corrected chi connectivity index (χ0v) is 5.66. The Morgan fingerprint density at radius 1 is 1.75 bits per heavy atom. The van der Waals surface area contributed by atoms with Crippen LogP contribution >= 0.6 is 12.4 Å². The molecule has 48 valence electrons. The fourth-order valence-electron chi connectivity index (χ4n) is 0.755. The smallest absolute Gasteiger partial charge is 0.0939 e. The highest BCUT2D eigenvalue weighted by Crippen LogP contribution is 2.36. The van der Waals surface area contributed by atoms with Gasteiger partial charge < -0.3 is 5.73 Å². The maximum absolute atomic E-state index is 6.92. The van der Waals surface area contributed by atoms with E-state index < -0.39 is 0 Å². The van der Waals surface area contributed by atoms with Gasteiger partial charge in [0.15, 0.2) is 0 Å². The number of rotatable bonds is 1. The molecule has 1 aliphatic carbocycles. The molecular weight excluding hydrogens is 124 g/mol. The Labute approximate surface area is 55.4 Å². The summed E-state index contributed by atoms with van der Waals surface area (Å²) in [6, 6.07) is 0. The molecule has 1 saturated carbocycles. The van der Waals surface area contributed by atoms with Gasteiger partial charge in [-0.2, -0.15) is 0 Å². The normalized spacial score (nSPS) is 33.1. The highest BCUT2D eigenvalue weighted by molar-refractivity contribution is 5.85. The van der Waals surface area contributed by atoms with E-state index in [9.17, 15) is 0 Å². The lowest BCUT2D eigenvalue weighted by Gasteiger charge is -1.86. The Balaban J connectivity index is 0.000000490. The van der Waals surface area contributed by atoms with Crippen molar-refractivity contribution >= 4 is 18.2 Å². The summed E-state index contributed by atoms with van der Waals surface area (Å²) in [5.41, 5.74) is 5.17. The lowest BCUT2D eigenvalue weighted by molar-refractivity contribution is 0.915. The second-order valence-electron chi connectivity index (χ2n) is 2.27. The third kappa shape index (κ3) is 1.37. The monoisotopic (exact) mass is 134 g/mol. The van der Waals surface area contributed by atoms with Gasteiger partial charge in [0, 0.05) is 5.92 Å². The van der Waals surface area contributed by atoms with Crippen LogP contribution < -0.4 is 5.73 Å². The van der Waals surface area contributed by atoms with E-state index in [1.807, 2.05) is 0 Å². The van der Waals surface area contributed by atoms with Gasteiger partial charge in [-0.3, -0.25) is 5.41 Å². The topological polar surface area (TPSA) is 49.9 Å². The van der Waals surface area contributed by atoms with Gasteiger partial charge in [0.25, 0.3) is 0 Å². The standard InChI is InChI=1S/C5H10N2.ClH/c1-3-2-4(3)5(6)7;/h3-4H,2H2,1H3,(H3,6,7);1H. The first kappa shape index (κ1) is 7.76. The summed E-state index contributed by atoms with van der Waals surface area (Å²) in [6.07, 6.45) is 1.13.